The van der Waals surface area contributed by atoms with Crippen molar-refractivity contribution in [3.8, 4) is 5.82 Å². The molecule has 2 aromatic heterocycles. The van der Waals surface area contributed by atoms with Gasteiger partial charge in [0.05, 0.1) is 6.54 Å². The number of nitrogens with one attached hydrogen (secondary N) is 2. The molecule has 2 N–H and O–H groups in total. The van der Waals surface area contributed by atoms with Crippen molar-refractivity contribution in [2.24, 2.45) is 4.99 Å². The third kappa shape index (κ3) is 8.69. The predicted molar refractivity (Wildman–Crippen MR) is 131 cm³/mol. The predicted octanol–water partition coefficient (Wildman–Crippen LogP) is 3.45. The quantitative estimate of drug-likeness (QED) is 0.221. The Balaban J connectivity index is 0.00000420. The molecule has 2 aromatic rings. The summed E-state index contributed by atoms with van der Waals surface area (Å²) in [6.07, 6.45) is 8.28. The molecule has 0 spiro atoms. The van der Waals surface area contributed by atoms with Gasteiger partial charge in [0.2, 0.25) is 0 Å². The maximum Gasteiger partial charge on any atom is 0.191 e. The Bertz CT molecular complexity index is 706. The minimum atomic E-state index is 0. The van der Waals surface area contributed by atoms with Crippen LogP contribution in [0.15, 0.2) is 42.0 Å². The van der Waals surface area contributed by atoms with Gasteiger partial charge in [0.1, 0.15) is 12.1 Å². The fraction of sp³-hybridized carbons (Fsp3) is 0.571. The Morgan fingerprint density at radius 1 is 1.17 bits per heavy atom. The highest BCUT2D eigenvalue weighted by atomic mass is 127. The number of guanidine groups is 1. The Morgan fingerprint density at radius 2 is 1.93 bits per heavy atom. The van der Waals surface area contributed by atoms with E-state index in [4.69, 9.17) is 4.99 Å². The molecule has 0 bridgehead atoms. The van der Waals surface area contributed by atoms with Gasteiger partial charge in [-0.25, -0.2) is 15.0 Å². The van der Waals surface area contributed by atoms with Gasteiger partial charge in [-0.3, -0.25) is 9.47 Å². The molecule has 2 rings (SSSR count). The van der Waals surface area contributed by atoms with Crippen LogP contribution in [0.25, 0.3) is 5.82 Å². The van der Waals surface area contributed by atoms with Crippen molar-refractivity contribution < 1.29 is 0 Å². The first-order valence-electron chi connectivity index (χ1n) is 10.2. The number of hydrogen-bond acceptors (Lipinski definition) is 4. The van der Waals surface area contributed by atoms with Crippen molar-refractivity contribution in [3.63, 3.8) is 0 Å². The second-order valence-corrected chi connectivity index (χ2v) is 7.39. The average Bonchev–Trinajstić information content (AvgIpc) is 3.20. The van der Waals surface area contributed by atoms with E-state index in [1.165, 1.54) is 0 Å². The van der Waals surface area contributed by atoms with E-state index >= 15 is 0 Å². The van der Waals surface area contributed by atoms with Gasteiger partial charge in [0.15, 0.2) is 5.96 Å². The van der Waals surface area contributed by atoms with E-state index in [9.17, 15) is 0 Å². The summed E-state index contributed by atoms with van der Waals surface area (Å²) < 4.78 is 1.89. The summed E-state index contributed by atoms with van der Waals surface area (Å²) in [5.41, 5.74) is 1.11. The molecule has 0 aliphatic heterocycles. The molecule has 8 heteroatoms. The van der Waals surface area contributed by atoms with Crippen LogP contribution in [0.3, 0.4) is 0 Å². The third-order valence-electron chi connectivity index (χ3n) is 4.55. The van der Waals surface area contributed by atoms with Crippen LogP contribution in [0.1, 0.15) is 46.6 Å². The van der Waals surface area contributed by atoms with Crippen LogP contribution in [-0.2, 0) is 6.54 Å². The molecular weight excluding hydrogens is 477 g/mol. The fourth-order valence-corrected chi connectivity index (χ4v) is 3.19. The number of aromatic nitrogens is 3. The molecule has 29 heavy (non-hydrogen) atoms. The number of nitrogens with zero attached hydrogens (tertiary/aromatic N) is 5. The van der Waals surface area contributed by atoms with Crippen molar-refractivity contribution in [2.75, 3.05) is 19.6 Å². The summed E-state index contributed by atoms with van der Waals surface area (Å²) in [4.78, 5) is 15.7. The van der Waals surface area contributed by atoms with Crippen LogP contribution in [0, 0.1) is 0 Å². The third-order valence-corrected chi connectivity index (χ3v) is 4.55. The van der Waals surface area contributed by atoms with Crippen molar-refractivity contribution >= 4 is 29.9 Å². The maximum absolute atomic E-state index is 4.72. The zero-order valence-corrected chi connectivity index (χ0v) is 20.6. The molecule has 7 nitrogen and oxygen atoms in total. The van der Waals surface area contributed by atoms with E-state index in [0.29, 0.717) is 18.6 Å². The first-order chi connectivity index (χ1) is 13.5. The van der Waals surface area contributed by atoms with Gasteiger partial charge in [0.25, 0.3) is 0 Å². The highest BCUT2D eigenvalue weighted by Gasteiger charge is 2.12. The fourth-order valence-electron chi connectivity index (χ4n) is 3.19. The van der Waals surface area contributed by atoms with Gasteiger partial charge in [0, 0.05) is 50.3 Å². The van der Waals surface area contributed by atoms with E-state index in [1.807, 2.05) is 29.1 Å². The summed E-state index contributed by atoms with van der Waals surface area (Å²) in [5, 5.41) is 6.77. The molecule has 0 aliphatic rings. The van der Waals surface area contributed by atoms with E-state index in [1.54, 1.807) is 12.5 Å². The Kier molecular flexibility index (Phi) is 11.8. The van der Waals surface area contributed by atoms with Crippen molar-refractivity contribution in [3.05, 3.63) is 42.6 Å². The van der Waals surface area contributed by atoms with Crippen LogP contribution in [0.4, 0.5) is 0 Å². The molecule has 0 aromatic carbocycles. The summed E-state index contributed by atoms with van der Waals surface area (Å²) in [5.74, 6) is 1.70. The Hall–Kier alpha value is -1.68. The SMILES string of the molecule is CCNC(=NCc1ccnc(-n2ccnc2)c1)NCCCN(C(C)C)C(C)C.I. The lowest BCUT2D eigenvalue weighted by Crippen LogP contribution is -2.41. The molecule has 0 amide bonds. The van der Waals surface area contributed by atoms with Crippen LogP contribution in [-0.4, -0.2) is 57.1 Å². The Morgan fingerprint density at radius 3 is 2.55 bits per heavy atom. The number of halogens is 1. The summed E-state index contributed by atoms with van der Waals surface area (Å²) >= 11 is 0. The topological polar surface area (TPSA) is 70.4 Å². The van der Waals surface area contributed by atoms with Crippen LogP contribution < -0.4 is 10.6 Å². The second kappa shape index (κ2) is 13.5. The van der Waals surface area contributed by atoms with Crippen LogP contribution in [0.2, 0.25) is 0 Å². The van der Waals surface area contributed by atoms with Crippen LogP contribution >= 0.6 is 24.0 Å². The highest BCUT2D eigenvalue weighted by Crippen LogP contribution is 2.08. The molecule has 0 unspecified atom stereocenters. The summed E-state index contributed by atoms with van der Waals surface area (Å²) in [7, 11) is 0. The number of imidazole rings is 1. The molecule has 162 valence electrons. The molecule has 0 saturated heterocycles. The number of pyridine rings is 1. The number of hydrogen-bond donors (Lipinski definition) is 2. The lowest BCUT2D eigenvalue weighted by atomic mass is 10.2. The van der Waals surface area contributed by atoms with E-state index < -0.39 is 0 Å². The molecule has 0 fully saturated rings. The monoisotopic (exact) mass is 513 g/mol. The van der Waals surface area contributed by atoms with Gasteiger partial charge in [-0.15, -0.1) is 24.0 Å². The number of aliphatic imine (C=N–C) groups is 1. The van der Waals surface area contributed by atoms with Crippen molar-refractivity contribution in [2.45, 2.75) is 59.7 Å². The van der Waals surface area contributed by atoms with Gasteiger partial charge < -0.3 is 10.6 Å². The van der Waals surface area contributed by atoms with Crippen LogP contribution in [0.5, 0.6) is 0 Å². The lowest BCUT2D eigenvalue weighted by molar-refractivity contribution is 0.173. The molecule has 2 heterocycles. The first-order valence-corrected chi connectivity index (χ1v) is 10.2. The normalized spacial score (nSPS) is 11.8. The smallest absolute Gasteiger partial charge is 0.191 e. The number of rotatable bonds is 10. The van der Waals surface area contributed by atoms with Gasteiger partial charge >= 0.3 is 0 Å². The first kappa shape index (κ1) is 25.4. The molecule has 0 aliphatic carbocycles. The molecule has 0 saturated carbocycles. The highest BCUT2D eigenvalue weighted by molar-refractivity contribution is 14.0. The second-order valence-electron chi connectivity index (χ2n) is 7.39. The minimum absolute atomic E-state index is 0. The van der Waals surface area contributed by atoms with Gasteiger partial charge in [-0.05, 0) is 58.7 Å². The van der Waals surface area contributed by atoms with E-state index in [2.05, 4.69) is 60.1 Å². The standard InChI is InChI=1S/C21H35N7.HI/c1-6-23-21(25-9-7-12-28(17(2)3)18(4)5)26-15-19-8-10-24-20(14-19)27-13-11-22-16-27;/h8,10-11,13-14,16-18H,6-7,9,12,15H2,1-5H3,(H2,23,25,26);1H. The van der Waals surface area contributed by atoms with Crippen molar-refractivity contribution in [1.82, 2.24) is 30.1 Å². The molecule has 0 radical (unpaired) electrons. The zero-order chi connectivity index (χ0) is 20.4. The zero-order valence-electron chi connectivity index (χ0n) is 18.3. The van der Waals surface area contributed by atoms with Gasteiger partial charge in [-0.2, -0.15) is 0 Å². The maximum atomic E-state index is 4.72. The molecular formula is C21H36IN7. The summed E-state index contributed by atoms with van der Waals surface area (Å²) in [6, 6.07) is 5.17. The van der Waals surface area contributed by atoms with Crippen molar-refractivity contribution in [1.29, 1.82) is 0 Å². The van der Waals surface area contributed by atoms with Gasteiger partial charge in [-0.1, -0.05) is 0 Å². The molecule has 0 atom stereocenters. The van der Waals surface area contributed by atoms with E-state index in [0.717, 1.165) is 43.4 Å². The Labute approximate surface area is 192 Å². The average molecular weight is 513 g/mol. The minimum Gasteiger partial charge on any atom is -0.357 e. The van der Waals surface area contributed by atoms with E-state index in [-0.39, 0.29) is 24.0 Å². The summed E-state index contributed by atoms with van der Waals surface area (Å²) in [6.45, 7) is 14.5. The lowest BCUT2D eigenvalue weighted by Gasteiger charge is -2.30. The largest absolute Gasteiger partial charge is 0.357 e.